The smallest absolute Gasteiger partial charge is 0.134 e. The molecule has 2 rings (SSSR count). The van der Waals surface area contributed by atoms with Gasteiger partial charge >= 0.3 is 0 Å². The van der Waals surface area contributed by atoms with Crippen LogP contribution in [0.2, 0.25) is 0 Å². The first-order chi connectivity index (χ1) is 9.61. The first kappa shape index (κ1) is 16.3. The van der Waals surface area contributed by atoms with E-state index in [1.807, 2.05) is 12.1 Å². The van der Waals surface area contributed by atoms with E-state index in [9.17, 15) is 5.11 Å². The lowest BCUT2D eigenvalue weighted by Crippen LogP contribution is -2.34. The fourth-order valence-electron chi connectivity index (χ4n) is 3.08. The Bertz CT molecular complexity index is 442. The van der Waals surface area contributed by atoms with Gasteiger partial charge in [-0.1, -0.05) is 48.5 Å². The minimum absolute atomic E-state index is 0.375. The van der Waals surface area contributed by atoms with Crippen molar-refractivity contribution in [2.45, 2.75) is 58.0 Å². The SMILES string of the molecule is CCN(Cc1cc(Br)cc(Br)c1O)C1CCCCCC1. The zero-order valence-corrected chi connectivity index (χ0v) is 15.2. The van der Waals surface area contributed by atoms with Gasteiger partial charge in [-0.3, -0.25) is 4.90 Å². The quantitative estimate of drug-likeness (QED) is 0.673. The van der Waals surface area contributed by atoms with E-state index in [0.29, 0.717) is 11.8 Å². The lowest BCUT2D eigenvalue weighted by atomic mass is 10.1. The molecular formula is C16H23Br2NO. The largest absolute Gasteiger partial charge is 0.506 e. The number of nitrogens with zero attached hydrogens (tertiary/aromatic N) is 1. The van der Waals surface area contributed by atoms with Gasteiger partial charge in [-0.15, -0.1) is 0 Å². The van der Waals surface area contributed by atoms with Crippen LogP contribution in [0.5, 0.6) is 5.75 Å². The summed E-state index contributed by atoms with van der Waals surface area (Å²) in [6.45, 7) is 4.08. The van der Waals surface area contributed by atoms with Crippen LogP contribution in [0.3, 0.4) is 0 Å². The second-order valence-corrected chi connectivity index (χ2v) is 7.37. The normalized spacial score (nSPS) is 17.4. The summed E-state index contributed by atoms with van der Waals surface area (Å²) >= 11 is 6.93. The standard InChI is InChI=1S/C16H23Br2NO/c1-2-19(14-7-5-3-4-6-8-14)11-12-9-13(17)10-15(18)16(12)20/h9-10,14,20H,2-8,11H2,1H3. The molecule has 0 radical (unpaired) electrons. The van der Waals surface area contributed by atoms with Crippen LogP contribution in [-0.4, -0.2) is 22.6 Å². The van der Waals surface area contributed by atoms with Crippen LogP contribution in [0.1, 0.15) is 51.0 Å². The number of hydrogen-bond acceptors (Lipinski definition) is 2. The van der Waals surface area contributed by atoms with Gasteiger partial charge in [-0.25, -0.2) is 0 Å². The zero-order valence-electron chi connectivity index (χ0n) is 12.0. The monoisotopic (exact) mass is 403 g/mol. The van der Waals surface area contributed by atoms with Crippen molar-refractivity contribution < 1.29 is 5.11 Å². The van der Waals surface area contributed by atoms with Crippen molar-refractivity contribution in [3.05, 3.63) is 26.6 Å². The summed E-state index contributed by atoms with van der Waals surface area (Å²) < 4.78 is 1.77. The summed E-state index contributed by atoms with van der Waals surface area (Å²) in [7, 11) is 0. The number of benzene rings is 1. The van der Waals surface area contributed by atoms with Gasteiger partial charge < -0.3 is 5.11 Å². The summed E-state index contributed by atoms with van der Waals surface area (Å²) in [5, 5.41) is 10.2. The first-order valence-corrected chi connectivity index (χ1v) is 9.11. The third-order valence-corrected chi connectivity index (χ3v) is 5.29. The summed E-state index contributed by atoms with van der Waals surface area (Å²) in [5.41, 5.74) is 0.998. The molecule has 1 N–H and O–H groups in total. The second-order valence-electron chi connectivity index (χ2n) is 5.60. The number of halogens is 2. The molecule has 0 unspecified atom stereocenters. The summed E-state index contributed by atoms with van der Waals surface area (Å²) in [4.78, 5) is 2.51. The first-order valence-electron chi connectivity index (χ1n) is 7.52. The van der Waals surface area contributed by atoms with Crippen LogP contribution in [0.25, 0.3) is 0 Å². The predicted molar refractivity (Wildman–Crippen MR) is 91.1 cm³/mol. The van der Waals surface area contributed by atoms with Gasteiger partial charge in [0.05, 0.1) is 4.47 Å². The predicted octanol–water partition coefficient (Wildman–Crippen LogP) is 5.46. The minimum Gasteiger partial charge on any atom is -0.506 e. The number of hydrogen-bond donors (Lipinski definition) is 1. The highest BCUT2D eigenvalue weighted by Gasteiger charge is 2.20. The van der Waals surface area contributed by atoms with Gasteiger partial charge in [-0.2, -0.15) is 0 Å². The molecule has 0 heterocycles. The fourth-order valence-corrected chi connectivity index (χ4v) is 4.39. The molecule has 1 fully saturated rings. The third kappa shape index (κ3) is 4.22. The Morgan fingerprint density at radius 2 is 1.80 bits per heavy atom. The van der Waals surface area contributed by atoms with Gasteiger partial charge in [0.2, 0.25) is 0 Å². The number of phenols is 1. The van der Waals surface area contributed by atoms with Gasteiger partial charge in [0.25, 0.3) is 0 Å². The van der Waals surface area contributed by atoms with Crippen molar-refractivity contribution in [1.82, 2.24) is 4.90 Å². The average molecular weight is 405 g/mol. The lowest BCUT2D eigenvalue weighted by Gasteiger charge is -2.30. The molecule has 20 heavy (non-hydrogen) atoms. The molecular weight excluding hydrogens is 382 g/mol. The Hall–Kier alpha value is -0.0600. The van der Waals surface area contributed by atoms with Crippen LogP contribution >= 0.6 is 31.9 Å². The maximum Gasteiger partial charge on any atom is 0.134 e. The van der Waals surface area contributed by atoms with Crippen molar-refractivity contribution >= 4 is 31.9 Å². The molecule has 0 saturated heterocycles. The van der Waals surface area contributed by atoms with E-state index in [4.69, 9.17) is 0 Å². The van der Waals surface area contributed by atoms with Crippen molar-refractivity contribution in [3.8, 4) is 5.75 Å². The Balaban J connectivity index is 2.13. The van der Waals surface area contributed by atoms with Crippen molar-refractivity contribution in [1.29, 1.82) is 0 Å². The van der Waals surface area contributed by atoms with Crippen molar-refractivity contribution in [2.24, 2.45) is 0 Å². The lowest BCUT2D eigenvalue weighted by molar-refractivity contribution is 0.178. The van der Waals surface area contributed by atoms with E-state index < -0.39 is 0 Å². The molecule has 0 amide bonds. The molecule has 0 spiro atoms. The maximum absolute atomic E-state index is 10.2. The fraction of sp³-hybridized carbons (Fsp3) is 0.625. The molecule has 0 bridgehead atoms. The molecule has 0 aliphatic heterocycles. The van der Waals surface area contributed by atoms with Crippen LogP contribution in [0, 0.1) is 0 Å². The second kappa shape index (κ2) is 7.81. The highest BCUT2D eigenvalue weighted by atomic mass is 79.9. The van der Waals surface area contributed by atoms with E-state index in [1.165, 1.54) is 38.5 Å². The molecule has 1 aliphatic rings. The Morgan fingerprint density at radius 3 is 2.40 bits per heavy atom. The Kier molecular flexibility index (Phi) is 6.37. The molecule has 0 atom stereocenters. The van der Waals surface area contributed by atoms with E-state index >= 15 is 0 Å². The van der Waals surface area contributed by atoms with Crippen molar-refractivity contribution in [2.75, 3.05) is 6.54 Å². The summed E-state index contributed by atoms with van der Waals surface area (Å²) in [6, 6.07) is 4.58. The van der Waals surface area contributed by atoms with Gasteiger partial charge in [0.15, 0.2) is 0 Å². The van der Waals surface area contributed by atoms with Gasteiger partial charge in [0.1, 0.15) is 5.75 Å². The summed E-state index contributed by atoms with van der Waals surface area (Å²) in [5.74, 6) is 0.375. The third-order valence-electron chi connectivity index (χ3n) is 4.23. The molecule has 2 nitrogen and oxygen atoms in total. The van der Waals surface area contributed by atoms with Crippen LogP contribution < -0.4 is 0 Å². The van der Waals surface area contributed by atoms with E-state index in [0.717, 1.165) is 27.6 Å². The molecule has 0 aromatic heterocycles. The highest BCUT2D eigenvalue weighted by Crippen LogP contribution is 2.33. The number of rotatable bonds is 4. The number of phenolic OH excluding ortho intramolecular Hbond substituents is 1. The van der Waals surface area contributed by atoms with E-state index in [-0.39, 0.29) is 0 Å². The molecule has 4 heteroatoms. The molecule has 1 saturated carbocycles. The van der Waals surface area contributed by atoms with Crippen LogP contribution in [0.4, 0.5) is 0 Å². The maximum atomic E-state index is 10.2. The molecule has 112 valence electrons. The van der Waals surface area contributed by atoms with Gasteiger partial charge in [-0.05, 0) is 47.4 Å². The Morgan fingerprint density at radius 1 is 1.15 bits per heavy atom. The van der Waals surface area contributed by atoms with E-state index in [2.05, 4.69) is 43.7 Å². The zero-order chi connectivity index (χ0) is 14.5. The molecule has 1 aromatic carbocycles. The molecule has 1 aliphatic carbocycles. The average Bonchev–Trinajstić information content (AvgIpc) is 2.70. The van der Waals surface area contributed by atoms with Crippen molar-refractivity contribution in [3.63, 3.8) is 0 Å². The van der Waals surface area contributed by atoms with E-state index in [1.54, 1.807) is 0 Å². The Labute approximate surface area is 138 Å². The number of aromatic hydroxyl groups is 1. The minimum atomic E-state index is 0.375. The molecule has 1 aromatic rings. The summed E-state index contributed by atoms with van der Waals surface area (Å²) in [6.07, 6.45) is 8.03. The van der Waals surface area contributed by atoms with Gasteiger partial charge in [0, 0.05) is 22.6 Å². The highest BCUT2D eigenvalue weighted by molar-refractivity contribution is 9.11. The topological polar surface area (TPSA) is 23.5 Å². The van der Waals surface area contributed by atoms with Crippen LogP contribution in [0.15, 0.2) is 21.1 Å². The van der Waals surface area contributed by atoms with Crippen LogP contribution in [-0.2, 0) is 6.54 Å².